The fraction of sp³-hybridized carbons (Fsp3) is 0.462. The average Bonchev–Trinajstić information content (AvgIpc) is 2.31. The summed E-state index contributed by atoms with van der Waals surface area (Å²) in [6, 6.07) is 8.17. The summed E-state index contributed by atoms with van der Waals surface area (Å²) in [4.78, 5) is 0.994. The van der Waals surface area contributed by atoms with Gasteiger partial charge in [-0.05, 0) is 31.2 Å². The van der Waals surface area contributed by atoms with Gasteiger partial charge >= 0.3 is 0 Å². The topological polar surface area (TPSA) is 56.0 Å². The van der Waals surface area contributed by atoms with Gasteiger partial charge in [0.25, 0.3) is 0 Å². The van der Waals surface area contributed by atoms with Crippen molar-refractivity contribution in [3.8, 4) is 6.07 Å². The Bertz CT molecular complexity index is 401. The number of nitrogens with one attached hydrogen (secondary N) is 1. The lowest BCUT2D eigenvalue weighted by molar-refractivity contribution is 0.289. The molecule has 0 aliphatic rings. The SMILES string of the molecule is CNCc1ccc(SC(C)CCO)c(C#N)c1. The maximum atomic E-state index is 9.12. The maximum absolute atomic E-state index is 9.12. The summed E-state index contributed by atoms with van der Waals surface area (Å²) in [5, 5.41) is 21.4. The van der Waals surface area contributed by atoms with E-state index in [-0.39, 0.29) is 6.61 Å². The van der Waals surface area contributed by atoms with E-state index in [1.807, 2.05) is 25.2 Å². The molecular weight excluding hydrogens is 232 g/mol. The van der Waals surface area contributed by atoms with Crippen LogP contribution < -0.4 is 5.32 Å². The normalized spacial score (nSPS) is 12.1. The van der Waals surface area contributed by atoms with E-state index in [2.05, 4.69) is 18.3 Å². The highest BCUT2D eigenvalue weighted by Gasteiger charge is 2.08. The van der Waals surface area contributed by atoms with Gasteiger partial charge in [-0.15, -0.1) is 11.8 Å². The molecule has 1 unspecified atom stereocenters. The number of aliphatic hydroxyl groups is 1. The molecule has 0 heterocycles. The molecule has 1 rings (SSSR count). The number of rotatable bonds is 6. The van der Waals surface area contributed by atoms with Crippen LogP contribution in [0, 0.1) is 11.3 Å². The second kappa shape index (κ2) is 7.33. The van der Waals surface area contributed by atoms with E-state index < -0.39 is 0 Å². The van der Waals surface area contributed by atoms with E-state index in [9.17, 15) is 0 Å². The van der Waals surface area contributed by atoms with Crippen LogP contribution in [-0.2, 0) is 6.54 Å². The van der Waals surface area contributed by atoms with E-state index in [4.69, 9.17) is 10.4 Å². The highest BCUT2D eigenvalue weighted by atomic mass is 32.2. The van der Waals surface area contributed by atoms with Gasteiger partial charge in [-0.25, -0.2) is 0 Å². The number of hydrogen-bond acceptors (Lipinski definition) is 4. The zero-order valence-electron chi connectivity index (χ0n) is 10.2. The minimum absolute atomic E-state index is 0.188. The van der Waals surface area contributed by atoms with Crippen molar-refractivity contribution in [2.75, 3.05) is 13.7 Å². The molecule has 0 spiro atoms. The first-order chi connectivity index (χ1) is 8.21. The Balaban J connectivity index is 2.82. The highest BCUT2D eigenvalue weighted by Crippen LogP contribution is 2.28. The van der Waals surface area contributed by atoms with Crippen LogP contribution >= 0.6 is 11.8 Å². The maximum Gasteiger partial charge on any atom is 0.100 e. The third-order valence-electron chi connectivity index (χ3n) is 2.41. The Hall–Kier alpha value is -1.02. The molecule has 0 fully saturated rings. The minimum atomic E-state index is 0.188. The van der Waals surface area contributed by atoms with Gasteiger partial charge in [0.05, 0.1) is 5.56 Å². The van der Waals surface area contributed by atoms with Crippen molar-refractivity contribution in [1.82, 2.24) is 5.32 Å². The number of aliphatic hydroxyl groups excluding tert-OH is 1. The minimum Gasteiger partial charge on any atom is -0.396 e. The first kappa shape index (κ1) is 14.0. The van der Waals surface area contributed by atoms with Gasteiger partial charge in [-0.3, -0.25) is 0 Å². The molecular formula is C13H18N2OS. The molecule has 0 aromatic heterocycles. The third-order valence-corrected chi connectivity index (χ3v) is 3.66. The van der Waals surface area contributed by atoms with E-state index in [0.717, 1.165) is 23.4 Å². The Morgan fingerprint density at radius 3 is 2.88 bits per heavy atom. The number of nitriles is 1. The molecule has 17 heavy (non-hydrogen) atoms. The fourth-order valence-corrected chi connectivity index (χ4v) is 2.57. The highest BCUT2D eigenvalue weighted by molar-refractivity contribution is 8.00. The summed E-state index contributed by atoms with van der Waals surface area (Å²) in [5.41, 5.74) is 1.83. The lowest BCUT2D eigenvalue weighted by Gasteiger charge is -2.11. The molecule has 92 valence electrons. The molecule has 0 amide bonds. The Morgan fingerprint density at radius 1 is 1.53 bits per heavy atom. The lowest BCUT2D eigenvalue weighted by atomic mass is 10.1. The van der Waals surface area contributed by atoms with Crippen LogP contribution in [0.3, 0.4) is 0 Å². The summed E-state index contributed by atoms with van der Waals surface area (Å²) in [6.45, 7) is 3.02. The molecule has 4 heteroatoms. The average molecular weight is 250 g/mol. The predicted molar refractivity (Wildman–Crippen MR) is 70.9 cm³/mol. The second-order valence-electron chi connectivity index (χ2n) is 3.91. The fourth-order valence-electron chi connectivity index (χ4n) is 1.54. The van der Waals surface area contributed by atoms with Gasteiger partial charge in [0.1, 0.15) is 6.07 Å². The van der Waals surface area contributed by atoms with Crippen molar-refractivity contribution in [3.05, 3.63) is 29.3 Å². The van der Waals surface area contributed by atoms with Gasteiger partial charge in [-0.1, -0.05) is 13.0 Å². The Kier molecular flexibility index (Phi) is 6.06. The molecule has 1 aromatic rings. The first-order valence-electron chi connectivity index (χ1n) is 5.66. The van der Waals surface area contributed by atoms with E-state index in [1.165, 1.54) is 0 Å². The van der Waals surface area contributed by atoms with Crippen LogP contribution in [0.5, 0.6) is 0 Å². The van der Waals surface area contributed by atoms with E-state index in [1.54, 1.807) is 11.8 Å². The number of nitrogens with zero attached hydrogens (tertiary/aromatic N) is 1. The zero-order valence-corrected chi connectivity index (χ0v) is 11.0. The van der Waals surface area contributed by atoms with E-state index in [0.29, 0.717) is 10.8 Å². The molecule has 0 saturated carbocycles. The quantitative estimate of drug-likeness (QED) is 0.760. The summed E-state index contributed by atoms with van der Waals surface area (Å²) >= 11 is 1.64. The molecule has 3 nitrogen and oxygen atoms in total. The van der Waals surface area contributed by atoms with Gasteiger partial charge in [-0.2, -0.15) is 5.26 Å². The van der Waals surface area contributed by atoms with Crippen LogP contribution in [0.15, 0.2) is 23.1 Å². The molecule has 1 aromatic carbocycles. The molecule has 1 atom stereocenters. The largest absolute Gasteiger partial charge is 0.396 e. The zero-order chi connectivity index (χ0) is 12.7. The Labute approximate surface area is 107 Å². The smallest absolute Gasteiger partial charge is 0.100 e. The molecule has 0 saturated heterocycles. The van der Waals surface area contributed by atoms with Gasteiger partial charge in [0.15, 0.2) is 0 Å². The van der Waals surface area contributed by atoms with Crippen molar-refractivity contribution >= 4 is 11.8 Å². The number of benzene rings is 1. The summed E-state index contributed by atoms with van der Waals surface area (Å²) in [5.74, 6) is 0. The van der Waals surface area contributed by atoms with Crippen molar-refractivity contribution in [3.63, 3.8) is 0 Å². The van der Waals surface area contributed by atoms with Crippen LogP contribution in [0.4, 0.5) is 0 Å². The van der Waals surface area contributed by atoms with Crippen molar-refractivity contribution in [2.24, 2.45) is 0 Å². The van der Waals surface area contributed by atoms with Crippen molar-refractivity contribution in [2.45, 2.75) is 30.0 Å². The van der Waals surface area contributed by atoms with E-state index >= 15 is 0 Å². The molecule has 0 radical (unpaired) electrons. The van der Waals surface area contributed by atoms with Gasteiger partial charge in [0, 0.05) is 23.3 Å². The molecule has 0 bridgehead atoms. The van der Waals surface area contributed by atoms with Crippen LogP contribution in [0.1, 0.15) is 24.5 Å². The Morgan fingerprint density at radius 2 is 2.29 bits per heavy atom. The second-order valence-corrected chi connectivity index (χ2v) is 5.39. The summed E-state index contributed by atoms with van der Waals surface area (Å²) in [6.07, 6.45) is 0.744. The number of thioether (sulfide) groups is 1. The third kappa shape index (κ3) is 4.39. The first-order valence-corrected chi connectivity index (χ1v) is 6.54. The molecule has 0 aliphatic heterocycles. The van der Waals surface area contributed by atoms with Crippen LogP contribution in [0.2, 0.25) is 0 Å². The van der Waals surface area contributed by atoms with Crippen molar-refractivity contribution in [1.29, 1.82) is 5.26 Å². The van der Waals surface area contributed by atoms with Crippen LogP contribution in [0.25, 0.3) is 0 Å². The summed E-state index contributed by atoms with van der Waals surface area (Å²) < 4.78 is 0. The monoisotopic (exact) mass is 250 g/mol. The number of hydrogen-bond donors (Lipinski definition) is 2. The molecule has 2 N–H and O–H groups in total. The van der Waals surface area contributed by atoms with Crippen LogP contribution in [-0.4, -0.2) is 24.0 Å². The van der Waals surface area contributed by atoms with Gasteiger partial charge < -0.3 is 10.4 Å². The van der Waals surface area contributed by atoms with Crippen molar-refractivity contribution < 1.29 is 5.11 Å². The molecule has 0 aliphatic carbocycles. The summed E-state index contributed by atoms with van der Waals surface area (Å²) in [7, 11) is 1.89. The lowest BCUT2D eigenvalue weighted by Crippen LogP contribution is -2.05. The predicted octanol–water partition coefficient (Wildman–Crippen LogP) is 2.14. The standard InChI is InChI=1S/C13H18N2OS/c1-10(5-6-16)17-13-4-3-11(9-15-2)7-12(13)8-14/h3-4,7,10,15-16H,5-6,9H2,1-2H3. The van der Waals surface area contributed by atoms with Gasteiger partial charge in [0.2, 0.25) is 0 Å².